The zero-order valence-electron chi connectivity index (χ0n) is 10.6. The molecule has 5 heteroatoms. The van der Waals surface area contributed by atoms with E-state index in [4.69, 9.17) is 10.3 Å². The van der Waals surface area contributed by atoms with Gasteiger partial charge in [-0.2, -0.15) is 0 Å². The third-order valence-electron chi connectivity index (χ3n) is 2.99. The molecule has 3 rings (SSSR count). The van der Waals surface area contributed by atoms with Gasteiger partial charge in [0.2, 0.25) is 0 Å². The Labute approximate surface area is 110 Å². The second-order valence-electron chi connectivity index (χ2n) is 4.41. The van der Waals surface area contributed by atoms with Crippen LogP contribution in [0.3, 0.4) is 0 Å². The van der Waals surface area contributed by atoms with Crippen LogP contribution in [0.2, 0.25) is 0 Å². The van der Waals surface area contributed by atoms with Gasteiger partial charge in [0.25, 0.3) is 0 Å². The first-order chi connectivity index (χ1) is 9.24. The van der Waals surface area contributed by atoms with Crippen LogP contribution in [0.5, 0.6) is 0 Å². The molecule has 1 aromatic carbocycles. The van der Waals surface area contributed by atoms with Crippen molar-refractivity contribution in [3.63, 3.8) is 0 Å². The van der Waals surface area contributed by atoms with Gasteiger partial charge in [-0.3, -0.25) is 4.98 Å². The van der Waals surface area contributed by atoms with E-state index in [2.05, 4.69) is 15.5 Å². The van der Waals surface area contributed by atoms with Crippen LogP contribution in [0.15, 0.2) is 41.2 Å². The SMILES string of the molecule is Cc1cc(CNc2ccc(N)c3ccncc23)no1. The van der Waals surface area contributed by atoms with Gasteiger partial charge in [0.05, 0.1) is 6.54 Å². The van der Waals surface area contributed by atoms with Gasteiger partial charge in [0, 0.05) is 40.6 Å². The number of aromatic nitrogens is 2. The van der Waals surface area contributed by atoms with Gasteiger partial charge in [-0.15, -0.1) is 0 Å². The molecule has 5 nitrogen and oxygen atoms in total. The highest BCUT2D eigenvalue weighted by molar-refractivity contribution is 6.00. The van der Waals surface area contributed by atoms with Crippen molar-refractivity contribution < 1.29 is 4.52 Å². The van der Waals surface area contributed by atoms with E-state index < -0.39 is 0 Å². The Morgan fingerprint density at radius 1 is 1.26 bits per heavy atom. The molecule has 2 heterocycles. The Morgan fingerprint density at radius 2 is 2.16 bits per heavy atom. The van der Waals surface area contributed by atoms with Gasteiger partial charge in [-0.25, -0.2) is 0 Å². The standard InChI is InChI=1S/C14H14N4O/c1-9-6-10(18-19-9)7-17-14-3-2-13(15)11-4-5-16-8-12(11)14/h2-6,8,17H,7,15H2,1H3. The molecule has 0 unspecified atom stereocenters. The van der Waals surface area contributed by atoms with Crippen LogP contribution >= 0.6 is 0 Å². The Morgan fingerprint density at radius 3 is 2.95 bits per heavy atom. The van der Waals surface area contributed by atoms with Crippen molar-refractivity contribution in [1.29, 1.82) is 0 Å². The van der Waals surface area contributed by atoms with Crippen LogP contribution in [0, 0.1) is 6.92 Å². The highest BCUT2D eigenvalue weighted by Gasteiger charge is 2.05. The maximum atomic E-state index is 5.95. The number of pyridine rings is 1. The van der Waals surface area contributed by atoms with E-state index in [9.17, 15) is 0 Å². The number of hydrogen-bond acceptors (Lipinski definition) is 5. The van der Waals surface area contributed by atoms with E-state index in [0.717, 1.165) is 33.6 Å². The van der Waals surface area contributed by atoms with Crippen molar-refractivity contribution in [2.24, 2.45) is 0 Å². The van der Waals surface area contributed by atoms with E-state index in [1.54, 1.807) is 6.20 Å². The average molecular weight is 254 g/mol. The number of aryl methyl sites for hydroxylation is 1. The molecule has 3 aromatic rings. The summed E-state index contributed by atoms with van der Waals surface area (Å²) in [7, 11) is 0. The molecule has 2 aromatic heterocycles. The van der Waals surface area contributed by atoms with Crippen LogP contribution in [-0.2, 0) is 6.54 Å². The third kappa shape index (κ3) is 2.22. The summed E-state index contributed by atoms with van der Waals surface area (Å²) in [6, 6.07) is 7.66. The molecule has 0 atom stereocenters. The van der Waals surface area contributed by atoms with Crippen molar-refractivity contribution in [1.82, 2.24) is 10.1 Å². The monoisotopic (exact) mass is 254 g/mol. The molecular weight excluding hydrogens is 240 g/mol. The zero-order chi connectivity index (χ0) is 13.2. The molecule has 0 aliphatic carbocycles. The molecular formula is C14H14N4O. The van der Waals surface area contributed by atoms with Crippen LogP contribution < -0.4 is 11.1 Å². The van der Waals surface area contributed by atoms with E-state index in [1.165, 1.54) is 0 Å². The highest BCUT2D eigenvalue weighted by atomic mass is 16.5. The Hall–Kier alpha value is -2.56. The van der Waals surface area contributed by atoms with Crippen molar-refractivity contribution in [2.75, 3.05) is 11.1 Å². The number of fused-ring (bicyclic) bond motifs is 1. The molecule has 0 fully saturated rings. The summed E-state index contributed by atoms with van der Waals surface area (Å²) < 4.78 is 5.04. The first kappa shape index (κ1) is 11.5. The minimum absolute atomic E-state index is 0.602. The summed E-state index contributed by atoms with van der Waals surface area (Å²) in [6.07, 6.45) is 3.55. The summed E-state index contributed by atoms with van der Waals surface area (Å²) in [6.45, 7) is 2.48. The van der Waals surface area contributed by atoms with Crippen molar-refractivity contribution in [2.45, 2.75) is 13.5 Å². The van der Waals surface area contributed by atoms with E-state index in [1.807, 2.05) is 37.4 Å². The summed E-state index contributed by atoms with van der Waals surface area (Å²) >= 11 is 0. The van der Waals surface area contributed by atoms with Gasteiger partial charge < -0.3 is 15.6 Å². The molecule has 0 radical (unpaired) electrons. The van der Waals surface area contributed by atoms with Crippen molar-refractivity contribution in [3.8, 4) is 0 Å². The smallest absolute Gasteiger partial charge is 0.133 e. The van der Waals surface area contributed by atoms with Crippen LogP contribution in [0.1, 0.15) is 11.5 Å². The molecule has 3 N–H and O–H groups in total. The largest absolute Gasteiger partial charge is 0.398 e. The van der Waals surface area contributed by atoms with Gasteiger partial charge >= 0.3 is 0 Å². The number of hydrogen-bond donors (Lipinski definition) is 2. The number of benzene rings is 1. The summed E-state index contributed by atoms with van der Waals surface area (Å²) in [5, 5.41) is 9.28. The van der Waals surface area contributed by atoms with Gasteiger partial charge in [0.15, 0.2) is 0 Å². The lowest BCUT2D eigenvalue weighted by atomic mass is 10.1. The fourth-order valence-corrected chi connectivity index (χ4v) is 2.05. The molecule has 19 heavy (non-hydrogen) atoms. The average Bonchev–Trinajstić information content (AvgIpc) is 2.84. The summed E-state index contributed by atoms with van der Waals surface area (Å²) in [5.74, 6) is 0.806. The molecule has 0 saturated heterocycles. The number of nitrogen functional groups attached to an aromatic ring is 1. The lowest BCUT2D eigenvalue weighted by Crippen LogP contribution is -2.01. The molecule has 0 bridgehead atoms. The summed E-state index contributed by atoms with van der Waals surface area (Å²) in [5.41, 5.74) is 8.55. The zero-order valence-corrected chi connectivity index (χ0v) is 10.6. The maximum absolute atomic E-state index is 5.95. The molecule has 0 spiro atoms. The quantitative estimate of drug-likeness (QED) is 0.703. The lowest BCUT2D eigenvalue weighted by molar-refractivity contribution is 0.391. The van der Waals surface area contributed by atoms with Gasteiger partial charge in [-0.05, 0) is 25.1 Å². The summed E-state index contributed by atoms with van der Waals surface area (Å²) in [4.78, 5) is 4.14. The maximum Gasteiger partial charge on any atom is 0.133 e. The fourth-order valence-electron chi connectivity index (χ4n) is 2.05. The van der Waals surface area contributed by atoms with Crippen LogP contribution in [0.4, 0.5) is 11.4 Å². The second-order valence-corrected chi connectivity index (χ2v) is 4.41. The van der Waals surface area contributed by atoms with E-state index in [-0.39, 0.29) is 0 Å². The van der Waals surface area contributed by atoms with E-state index in [0.29, 0.717) is 6.54 Å². The van der Waals surface area contributed by atoms with Gasteiger partial charge in [-0.1, -0.05) is 5.16 Å². The third-order valence-corrected chi connectivity index (χ3v) is 2.99. The normalized spacial score (nSPS) is 10.8. The number of anilines is 2. The lowest BCUT2D eigenvalue weighted by Gasteiger charge is -2.09. The predicted octanol–water partition coefficient (Wildman–Crippen LogP) is 2.73. The van der Waals surface area contributed by atoms with Crippen LogP contribution in [0.25, 0.3) is 10.8 Å². The minimum Gasteiger partial charge on any atom is -0.398 e. The number of rotatable bonds is 3. The van der Waals surface area contributed by atoms with Crippen LogP contribution in [-0.4, -0.2) is 10.1 Å². The van der Waals surface area contributed by atoms with E-state index >= 15 is 0 Å². The first-order valence-corrected chi connectivity index (χ1v) is 6.02. The molecule has 0 aliphatic heterocycles. The van der Waals surface area contributed by atoms with Crippen molar-refractivity contribution >= 4 is 22.1 Å². The fraction of sp³-hybridized carbons (Fsp3) is 0.143. The molecule has 0 aliphatic rings. The highest BCUT2D eigenvalue weighted by Crippen LogP contribution is 2.27. The first-order valence-electron chi connectivity index (χ1n) is 6.02. The number of nitrogens with zero attached hydrogens (tertiary/aromatic N) is 2. The second kappa shape index (κ2) is 4.61. The predicted molar refractivity (Wildman–Crippen MR) is 74.7 cm³/mol. The molecule has 0 saturated carbocycles. The Kier molecular flexibility index (Phi) is 2.79. The molecule has 0 amide bonds. The number of nitrogens with two attached hydrogens (primary N) is 1. The number of nitrogens with one attached hydrogen (secondary N) is 1. The Bertz CT molecular complexity index is 720. The van der Waals surface area contributed by atoms with Crippen molar-refractivity contribution in [3.05, 3.63) is 48.1 Å². The minimum atomic E-state index is 0.602. The van der Waals surface area contributed by atoms with Gasteiger partial charge in [0.1, 0.15) is 11.5 Å². The Balaban J connectivity index is 1.91. The molecule has 96 valence electrons. The topological polar surface area (TPSA) is 77.0 Å².